The normalized spacial score (nSPS) is 39.5. The molecule has 5 atom stereocenters. The molecule has 0 aromatic heterocycles. The molecule has 1 saturated heterocycles. The third-order valence-electron chi connectivity index (χ3n) is 5.49. The van der Waals surface area contributed by atoms with Gasteiger partial charge in [0.15, 0.2) is 0 Å². The van der Waals surface area contributed by atoms with Crippen molar-refractivity contribution >= 4 is 31.8 Å². The van der Waals surface area contributed by atoms with Gasteiger partial charge in [0.05, 0.1) is 0 Å². The van der Waals surface area contributed by atoms with Crippen LogP contribution in [-0.2, 0) is 19.1 Å². The van der Waals surface area contributed by atoms with Crippen molar-refractivity contribution < 1.29 is 19.1 Å². The Morgan fingerprint density at radius 1 is 1.30 bits per heavy atom. The van der Waals surface area contributed by atoms with E-state index < -0.39 is 19.8 Å². The van der Waals surface area contributed by atoms with Gasteiger partial charge >= 0.3 is 127 Å². The molecule has 4 nitrogen and oxygen atoms in total. The summed E-state index contributed by atoms with van der Waals surface area (Å²) >= 11 is -1.29. The van der Waals surface area contributed by atoms with Crippen molar-refractivity contribution in [2.45, 2.75) is 36.2 Å². The Balaban J connectivity index is 1.69. The fourth-order valence-corrected chi connectivity index (χ4v) is 4.85. The molecule has 3 rings (SSSR count). The first-order valence-corrected chi connectivity index (χ1v) is 12.6. The number of rotatable bonds is 3. The molecule has 3 aliphatic rings. The second-order valence-corrected chi connectivity index (χ2v) is 13.9. The van der Waals surface area contributed by atoms with E-state index >= 15 is 0 Å². The zero-order valence-corrected chi connectivity index (χ0v) is 14.7. The fraction of sp³-hybridized carbons (Fsp3) is 0.867. The molecule has 0 aromatic rings. The van der Waals surface area contributed by atoms with E-state index in [-0.39, 0.29) is 33.3 Å². The van der Waals surface area contributed by atoms with Crippen LogP contribution in [0.2, 0.25) is 0 Å². The molecule has 5 unspecified atom stereocenters. The van der Waals surface area contributed by atoms with Crippen LogP contribution in [0.25, 0.3) is 0 Å². The summed E-state index contributed by atoms with van der Waals surface area (Å²) in [7, 11) is 0. The molecule has 0 aromatic carbocycles. The molecule has 5 heteroatoms. The van der Waals surface area contributed by atoms with Crippen LogP contribution in [0, 0.1) is 23.7 Å². The van der Waals surface area contributed by atoms with Crippen molar-refractivity contribution in [2.75, 3.05) is 16.5 Å². The number of esters is 2. The summed E-state index contributed by atoms with van der Waals surface area (Å²) in [6.07, 6.45) is 1.89. The van der Waals surface area contributed by atoms with E-state index in [0.717, 1.165) is 12.8 Å². The van der Waals surface area contributed by atoms with Crippen molar-refractivity contribution in [1.29, 1.82) is 0 Å². The molecule has 3 fully saturated rings. The predicted molar refractivity (Wildman–Crippen MR) is 84.0 cm³/mol. The molecule has 2 bridgehead atoms. The molecule has 1 aliphatic heterocycles. The van der Waals surface area contributed by atoms with Gasteiger partial charge in [0.2, 0.25) is 0 Å². The molecule has 0 N–H and O–H groups in total. The van der Waals surface area contributed by atoms with Crippen LogP contribution in [-0.4, -0.2) is 37.9 Å². The van der Waals surface area contributed by atoms with Gasteiger partial charge in [-0.3, -0.25) is 0 Å². The van der Waals surface area contributed by atoms with Crippen molar-refractivity contribution in [2.24, 2.45) is 23.7 Å². The van der Waals surface area contributed by atoms with E-state index in [9.17, 15) is 9.59 Å². The van der Waals surface area contributed by atoms with E-state index in [2.05, 4.69) is 9.86 Å². The average Bonchev–Trinajstić information content (AvgIpc) is 3.02. The molecule has 0 amide bonds. The third-order valence-corrected chi connectivity index (χ3v) is 11.3. The summed E-state index contributed by atoms with van der Waals surface area (Å²) in [5, 5.41) is 0. The van der Waals surface area contributed by atoms with Gasteiger partial charge in [0, 0.05) is 0 Å². The summed E-state index contributed by atoms with van der Waals surface area (Å²) in [6, 6.07) is 0. The van der Waals surface area contributed by atoms with Gasteiger partial charge in [-0.1, -0.05) is 0 Å². The molecule has 0 radical (unpaired) electrons. The quantitative estimate of drug-likeness (QED) is 0.419. The molecular formula is C15H23IO4. The minimum absolute atomic E-state index is 0.00692. The van der Waals surface area contributed by atoms with Crippen LogP contribution >= 0.6 is 19.8 Å². The first kappa shape index (κ1) is 14.6. The van der Waals surface area contributed by atoms with Gasteiger partial charge in [-0.25, -0.2) is 0 Å². The summed E-state index contributed by atoms with van der Waals surface area (Å²) in [4.78, 5) is 28.6. The second kappa shape index (κ2) is 4.85. The maximum absolute atomic E-state index is 12.4. The fourth-order valence-electron chi connectivity index (χ4n) is 3.84. The molecule has 2 saturated carbocycles. The van der Waals surface area contributed by atoms with Crippen LogP contribution in [0.3, 0.4) is 0 Å². The van der Waals surface area contributed by atoms with Crippen molar-refractivity contribution in [3.05, 3.63) is 0 Å². The maximum atomic E-state index is 12.4. The second-order valence-electron chi connectivity index (χ2n) is 6.89. The van der Waals surface area contributed by atoms with Crippen molar-refractivity contribution in [3.8, 4) is 0 Å². The zero-order valence-electron chi connectivity index (χ0n) is 12.5. The van der Waals surface area contributed by atoms with Gasteiger partial charge in [0.25, 0.3) is 0 Å². The number of ether oxygens (including phenoxy) is 2. The Morgan fingerprint density at radius 3 is 2.65 bits per heavy atom. The van der Waals surface area contributed by atoms with Crippen molar-refractivity contribution in [1.82, 2.24) is 0 Å². The van der Waals surface area contributed by atoms with Crippen LogP contribution in [0.5, 0.6) is 0 Å². The number of halogens is 1. The standard InChI is InChI=1S/C15H23IO4/c1-15(2,16(3)4)14(18)20-11-6-8-5-9(11)12-10(8)7-19-13(12)17/h8-12H,5-7H2,1-4H3. The Morgan fingerprint density at radius 2 is 2.00 bits per heavy atom. The van der Waals surface area contributed by atoms with Gasteiger partial charge in [-0.05, 0) is 0 Å². The van der Waals surface area contributed by atoms with Crippen LogP contribution in [0.15, 0.2) is 0 Å². The Bertz CT molecular complexity index is 445. The third kappa shape index (κ3) is 2.07. The first-order valence-electron chi connectivity index (χ1n) is 7.20. The SMILES string of the molecule is CI(C)C(C)(C)C(=O)OC1CC2CC1C1C(=O)OCC21. The van der Waals surface area contributed by atoms with E-state index in [1.807, 2.05) is 13.8 Å². The Labute approximate surface area is 127 Å². The Hall–Kier alpha value is -0.330. The van der Waals surface area contributed by atoms with E-state index in [0.29, 0.717) is 18.4 Å². The van der Waals surface area contributed by atoms with Gasteiger partial charge in [-0.15, -0.1) is 0 Å². The minimum atomic E-state index is -1.29. The monoisotopic (exact) mass is 394 g/mol. The number of carbonyl (C=O) groups excluding carboxylic acids is 2. The van der Waals surface area contributed by atoms with Gasteiger partial charge < -0.3 is 0 Å². The molecule has 114 valence electrons. The summed E-state index contributed by atoms with van der Waals surface area (Å²) in [6.45, 7) is 4.58. The number of cyclic esters (lactones) is 1. The van der Waals surface area contributed by atoms with Crippen LogP contribution in [0.1, 0.15) is 26.7 Å². The zero-order chi connectivity index (χ0) is 14.7. The number of hydrogen-bond donors (Lipinski definition) is 0. The van der Waals surface area contributed by atoms with Crippen LogP contribution < -0.4 is 0 Å². The summed E-state index contributed by atoms with van der Waals surface area (Å²) in [5.41, 5.74) is 0. The number of alkyl halides is 3. The number of hydrogen-bond acceptors (Lipinski definition) is 4. The van der Waals surface area contributed by atoms with Gasteiger partial charge in [-0.2, -0.15) is 0 Å². The molecular weight excluding hydrogens is 371 g/mol. The topological polar surface area (TPSA) is 52.6 Å². The van der Waals surface area contributed by atoms with E-state index in [1.54, 1.807) is 0 Å². The Kier molecular flexibility index (Phi) is 3.54. The summed E-state index contributed by atoms with van der Waals surface area (Å²) in [5.74, 6) is 0.963. The van der Waals surface area contributed by atoms with Crippen LogP contribution in [0.4, 0.5) is 0 Å². The number of carbonyl (C=O) groups is 2. The molecule has 0 spiro atoms. The number of fused-ring (bicyclic) bond motifs is 5. The molecule has 2 aliphatic carbocycles. The van der Waals surface area contributed by atoms with E-state index in [1.165, 1.54) is 0 Å². The first-order chi connectivity index (χ1) is 9.32. The average molecular weight is 394 g/mol. The molecule has 20 heavy (non-hydrogen) atoms. The predicted octanol–water partition coefficient (Wildman–Crippen LogP) is 2.27. The van der Waals surface area contributed by atoms with Gasteiger partial charge in [0.1, 0.15) is 0 Å². The molecule has 1 heterocycles. The van der Waals surface area contributed by atoms with Crippen molar-refractivity contribution in [3.63, 3.8) is 0 Å². The summed E-state index contributed by atoms with van der Waals surface area (Å²) < 4.78 is 10.7. The van der Waals surface area contributed by atoms with E-state index in [4.69, 9.17) is 9.47 Å².